The third-order valence-corrected chi connectivity index (χ3v) is 7.95. The Morgan fingerprint density at radius 3 is 2.16 bits per heavy atom. The molecule has 0 spiro atoms. The molecule has 0 bridgehead atoms. The van der Waals surface area contributed by atoms with Crippen molar-refractivity contribution in [2.45, 2.75) is 51.8 Å². The smallest absolute Gasteiger partial charge is 0.335 e. The second-order valence-electron chi connectivity index (χ2n) is 10.2. The number of fused-ring (bicyclic) bond motifs is 1. The number of amides is 1. The van der Waals surface area contributed by atoms with E-state index in [1.165, 1.54) is 4.57 Å². The van der Waals surface area contributed by atoms with E-state index in [9.17, 15) is 19.2 Å². The molecule has 2 N–H and O–H groups in total. The van der Waals surface area contributed by atoms with Crippen LogP contribution in [0.3, 0.4) is 0 Å². The molecule has 0 radical (unpaired) electrons. The number of benzene rings is 3. The molecule has 3 aromatic carbocycles. The number of carbonyl (C=O) groups is 2. The van der Waals surface area contributed by atoms with E-state index in [2.05, 4.69) is 10.6 Å². The lowest BCUT2D eigenvalue weighted by atomic mass is 10.0. The number of aromatic nitrogens is 2. The van der Waals surface area contributed by atoms with Gasteiger partial charge in [0.15, 0.2) is 0 Å². The highest BCUT2D eigenvalue weighted by Gasteiger charge is 2.27. The maximum atomic E-state index is 13.5. The fourth-order valence-corrected chi connectivity index (χ4v) is 5.48. The Balaban J connectivity index is 1.67. The Morgan fingerprint density at radius 2 is 1.56 bits per heavy atom. The number of halogens is 2. The number of rotatable bonds is 11. The molecule has 1 amide bonds. The average Bonchev–Trinajstić information content (AvgIpc) is 2.99. The molecular formula is C32H34Cl2N4O5. The Morgan fingerprint density at radius 1 is 0.930 bits per heavy atom. The normalized spacial score (nSPS) is 12.0. The van der Waals surface area contributed by atoms with Crippen LogP contribution in [-0.2, 0) is 29.5 Å². The number of carbonyl (C=O) groups excluding carboxylic acids is 2. The fraction of sp³-hybridized carbons (Fsp3) is 0.312. The summed E-state index contributed by atoms with van der Waals surface area (Å²) in [5, 5.41) is 6.52. The molecule has 0 aliphatic rings. The molecule has 0 unspecified atom stereocenters. The Bertz CT molecular complexity index is 1740. The predicted molar refractivity (Wildman–Crippen MR) is 169 cm³/mol. The molecule has 0 aliphatic carbocycles. The maximum absolute atomic E-state index is 13.5. The zero-order valence-electron chi connectivity index (χ0n) is 24.4. The van der Waals surface area contributed by atoms with Gasteiger partial charge in [0.1, 0.15) is 12.1 Å². The van der Waals surface area contributed by atoms with Crippen molar-refractivity contribution in [3.63, 3.8) is 0 Å². The standard InChI is InChI=1S/C32H34Cl2N4O5/c1-5-22(6-2)43-31(41)26(36-29(39)28-24(33)8-7-9-25(28)34)17-19-10-13-21(14-11-19)38-30(40)23-16-20(18-35-3)12-15-27(23)37(4)32(38)42/h7-16,22,26,35H,5-6,17-18H2,1-4H3,(H,36,39)/t26-/m0/s1. The minimum absolute atomic E-state index is 0.0610. The summed E-state index contributed by atoms with van der Waals surface area (Å²) in [7, 11) is 3.44. The molecular weight excluding hydrogens is 591 g/mol. The van der Waals surface area contributed by atoms with Gasteiger partial charge in [0.2, 0.25) is 0 Å². The molecule has 4 rings (SSSR count). The van der Waals surface area contributed by atoms with Crippen molar-refractivity contribution in [3.05, 3.63) is 108 Å². The van der Waals surface area contributed by atoms with Gasteiger partial charge in [0.05, 0.1) is 32.2 Å². The first-order chi connectivity index (χ1) is 20.6. The van der Waals surface area contributed by atoms with Gasteiger partial charge in [-0.2, -0.15) is 0 Å². The Labute approximate surface area is 259 Å². The SMILES string of the molecule is CCC(CC)OC(=O)[C@H](Cc1ccc(-n2c(=O)c3cc(CNC)ccc3n(C)c2=O)cc1)NC(=O)c1c(Cl)cccc1Cl. The number of nitrogens with one attached hydrogen (secondary N) is 2. The van der Waals surface area contributed by atoms with Crippen molar-refractivity contribution in [2.24, 2.45) is 7.05 Å². The first-order valence-electron chi connectivity index (χ1n) is 14.0. The zero-order valence-corrected chi connectivity index (χ0v) is 26.0. The van der Waals surface area contributed by atoms with E-state index in [1.54, 1.807) is 61.6 Å². The number of hydrogen-bond acceptors (Lipinski definition) is 6. The summed E-state index contributed by atoms with van der Waals surface area (Å²) in [6.07, 6.45) is 1.04. The van der Waals surface area contributed by atoms with Gasteiger partial charge in [-0.05, 0) is 67.4 Å². The van der Waals surface area contributed by atoms with Crippen LogP contribution in [0.25, 0.3) is 16.6 Å². The highest BCUT2D eigenvalue weighted by molar-refractivity contribution is 6.39. The number of aryl methyl sites for hydroxylation is 1. The molecule has 43 heavy (non-hydrogen) atoms. The molecule has 0 fully saturated rings. The lowest BCUT2D eigenvalue weighted by molar-refractivity contribution is -0.151. The molecule has 226 valence electrons. The van der Waals surface area contributed by atoms with Gasteiger partial charge in [-0.15, -0.1) is 0 Å². The van der Waals surface area contributed by atoms with E-state index >= 15 is 0 Å². The first-order valence-corrected chi connectivity index (χ1v) is 14.8. The van der Waals surface area contributed by atoms with E-state index in [0.29, 0.717) is 41.5 Å². The third-order valence-electron chi connectivity index (χ3n) is 7.32. The highest BCUT2D eigenvalue weighted by atomic mass is 35.5. The third kappa shape index (κ3) is 7.01. The Kier molecular flexibility index (Phi) is 10.4. The van der Waals surface area contributed by atoms with Crippen LogP contribution in [-0.4, -0.2) is 40.2 Å². The van der Waals surface area contributed by atoms with Crippen LogP contribution < -0.4 is 21.9 Å². The van der Waals surface area contributed by atoms with Crippen molar-refractivity contribution in [3.8, 4) is 5.69 Å². The van der Waals surface area contributed by atoms with Crippen LogP contribution in [0.5, 0.6) is 0 Å². The van der Waals surface area contributed by atoms with E-state index in [4.69, 9.17) is 27.9 Å². The highest BCUT2D eigenvalue weighted by Crippen LogP contribution is 2.24. The van der Waals surface area contributed by atoms with E-state index in [-0.39, 0.29) is 28.1 Å². The monoisotopic (exact) mass is 624 g/mol. The van der Waals surface area contributed by atoms with Gasteiger partial charge in [0.25, 0.3) is 11.5 Å². The van der Waals surface area contributed by atoms with Crippen molar-refractivity contribution < 1.29 is 14.3 Å². The lowest BCUT2D eigenvalue weighted by Gasteiger charge is -2.22. The minimum atomic E-state index is -1.05. The van der Waals surface area contributed by atoms with Crippen LogP contribution in [0.1, 0.15) is 48.2 Å². The van der Waals surface area contributed by atoms with E-state index in [1.807, 2.05) is 27.0 Å². The topological polar surface area (TPSA) is 111 Å². The lowest BCUT2D eigenvalue weighted by Crippen LogP contribution is -2.44. The van der Waals surface area contributed by atoms with Crippen molar-refractivity contribution in [1.29, 1.82) is 0 Å². The Hall–Kier alpha value is -3.92. The van der Waals surface area contributed by atoms with Crippen molar-refractivity contribution in [2.75, 3.05) is 7.05 Å². The summed E-state index contributed by atoms with van der Waals surface area (Å²) < 4.78 is 8.23. The molecule has 9 nitrogen and oxygen atoms in total. The second kappa shape index (κ2) is 14.0. The summed E-state index contributed by atoms with van der Waals surface area (Å²) >= 11 is 12.5. The minimum Gasteiger partial charge on any atom is -0.461 e. The van der Waals surface area contributed by atoms with Gasteiger partial charge in [0, 0.05) is 20.0 Å². The fourth-order valence-electron chi connectivity index (χ4n) is 4.91. The number of hydrogen-bond donors (Lipinski definition) is 2. The molecule has 11 heteroatoms. The molecule has 1 atom stereocenters. The number of esters is 1. The van der Waals surface area contributed by atoms with E-state index in [0.717, 1.165) is 10.1 Å². The molecule has 0 saturated carbocycles. The van der Waals surface area contributed by atoms with Crippen LogP contribution in [0.2, 0.25) is 10.0 Å². The first kappa shape index (κ1) is 32.0. The zero-order chi connectivity index (χ0) is 31.3. The van der Waals surface area contributed by atoms with Crippen molar-refractivity contribution in [1.82, 2.24) is 19.8 Å². The molecule has 0 aliphatic heterocycles. The van der Waals surface area contributed by atoms with Gasteiger partial charge in [-0.25, -0.2) is 14.2 Å². The quantitative estimate of drug-likeness (QED) is 0.232. The molecule has 1 heterocycles. The molecule has 0 saturated heterocycles. The second-order valence-corrected chi connectivity index (χ2v) is 11.0. The van der Waals surface area contributed by atoms with Crippen LogP contribution in [0, 0.1) is 0 Å². The average molecular weight is 626 g/mol. The van der Waals surface area contributed by atoms with Gasteiger partial charge >= 0.3 is 11.7 Å². The summed E-state index contributed by atoms with van der Waals surface area (Å²) in [6, 6.07) is 15.8. The largest absolute Gasteiger partial charge is 0.461 e. The van der Waals surface area contributed by atoms with E-state index < -0.39 is 29.2 Å². The summed E-state index contributed by atoms with van der Waals surface area (Å²) in [5.74, 6) is -1.20. The number of ether oxygens (including phenoxy) is 1. The summed E-state index contributed by atoms with van der Waals surface area (Å²) in [4.78, 5) is 53.1. The van der Waals surface area contributed by atoms with Crippen molar-refractivity contribution >= 4 is 46.0 Å². The van der Waals surface area contributed by atoms with Gasteiger partial charge in [-0.1, -0.05) is 61.3 Å². The molecule has 4 aromatic rings. The van der Waals surface area contributed by atoms with Crippen LogP contribution in [0.15, 0.2) is 70.3 Å². The maximum Gasteiger partial charge on any atom is 0.335 e. The van der Waals surface area contributed by atoms with Crippen LogP contribution >= 0.6 is 23.2 Å². The van der Waals surface area contributed by atoms with Crippen LogP contribution in [0.4, 0.5) is 0 Å². The number of nitrogens with zero attached hydrogens (tertiary/aromatic N) is 2. The van der Waals surface area contributed by atoms with Gasteiger partial charge in [-0.3, -0.25) is 14.2 Å². The molecule has 1 aromatic heterocycles. The predicted octanol–water partition coefficient (Wildman–Crippen LogP) is 4.79. The van der Waals surface area contributed by atoms with Gasteiger partial charge < -0.3 is 15.4 Å². The summed E-state index contributed by atoms with van der Waals surface area (Å²) in [6.45, 7) is 4.41. The summed E-state index contributed by atoms with van der Waals surface area (Å²) in [5.41, 5.74) is 1.64.